The van der Waals surface area contributed by atoms with Gasteiger partial charge in [-0.2, -0.15) is 0 Å². The van der Waals surface area contributed by atoms with Gasteiger partial charge in [-0.1, -0.05) is 57.0 Å². The van der Waals surface area contributed by atoms with Crippen LogP contribution in [0.5, 0.6) is 5.75 Å². The van der Waals surface area contributed by atoms with Crippen molar-refractivity contribution in [3.63, 3.8) is 0 Å². The molecule has 31 heavy (non-hydrogen) atoms. The van der Waals surface area contributed by atoms with Crippen molar-refractivity contribution in [1.82, 2.24) is 0 Å². The van der Waals surface area contributed by atoms with Crippen LogP contribution in [0, 0.1) is 11.7 Å². The number of aliphatic hydroxyl groups is 1. The quantitative estimate of drug-likeness (QED) is 0.652. The summed E-state index contributed by atoms with van der Waals surface area (Å²) in [4.78, 5) is 12.2. The molecule has 4 rings (SSSR count). The molecule has 5 heteroatoms. The number of para-hydroxylation sites is 1. The molecule has 4 nitrogen and oxygen atoms in total. The Morgan fingerprint density at radius 3 is 2.48 bits per heavy atom. The van der Waals surface area contributed by atoms with E-state index in [1.165, 1.54) is 25.0 Å². The van der Waals surface area contributed by atoms with Gasteiger partial charge < -0.3 is 14.6 Å². The zero-order chi connectivity index (χ0) is 22.0. The number of hydrogen-bond donors (Lipinski definition) is 1. The second-order valence-corrected chi connectivity index (χ2v) is 9.28. The van der Waals surface area contributed by atoms with Crippen LogP contribution in [0.1, 0.15) is 68.6 Å². The Morgan fingerprint density at radius 2 is 1.81 bits per heavy atom. The lowest BCUT2D eigenvalue weighted by atomic mass is 9.76. The summed E-state index contributed by atoms with van der Waals surface area (Å²) in [5, 5.41) is 10.3. The highest BCUT2D eigenvalue weighted by Gasteiger charge is 2.35. The number of halogens is 1. The molecule has 0 spiro atoms. The highest BCUT2D eigenvalue weighted by atomic mass is 19.1. The van der Waals surface area contributed by atoms with E-state index in [0.717, 1.165) is 35.3 Å². The van der Waals surface area contributed by atoms with Crippen LogP contribution < -0.4 is 4.74 Å². The molecule has 2 aliphatic rings. The van der Waals surface area contributed by atoms with Gasteiger partial charge in [-0.15, -0.1) is 0 Å². The largest absolute Gasteiger partial charge is 0.492 e. The van der Waals surface area contributed by atoms with E-state index >= 15 is 0 Å². The zero-order valence-electron chi connectivity index (χ0n) is 18.3. The molecule has 1 N–H and O–H groups in total. The van der Waals surface area contributed by atoms with Gasteiger partial charge >= 0.3 is 5.97 Å². The van der Waals surface area contributed by atoms with Crippen molar-refractivity contribution in [2.45, 2.75) is 63.4 Å². The Bertz CT molecular complexity index is 916. The molecule has 1 aliphatic carbocycles. The summed E-state index contributed by atoms with van der Waals surface area (Å²) < 4.78 is 25.0. The van der Waals surface area contributed by atoms with Crippen LogP contribution >= 0.6 is 0 Å². The first-order valence-electron chi connectivity index (χ1n) is 11.2. The van der Waals surface area contributed by atoms with E-state index in [-0.39, 0.29) is 19.0 Å². The smallest absolute Gasteiger partial charge is 0.315 e. The summed E-state index contributed by atoms with van der Waals surface area (Å²) in [5.41, 5.74) is 2.72. The minimum atomic E-state index is -0.756. The lowest BCUT2D eigenvalue weighted by Crippen LogP contribution is -2.40. The van der Waals surface area contributed by atoms with Crippen molar-refractivity contribution in [2.24, 2.45) is 5.92 Å². The van der Waals surface area contributed by atoms with Crippen molar-refractivity contribution in [3.05, 3.63) is 65.0 Å². The number of hydrogen-bond acceptors (Lipinski definition) is 4. The molecule has 1 saturated carbocycles. The van der Waals surface area contributed by atoms with Crippen LogP contribution in [-0.4, -0.2) is 30.4 Å². The van der Waals surface area contributed by atoms with Crippen molar-refractivity contribution < 1.29 is 23.8 Å². The molecule has 2 fully saturated rings. The van der Waals surface area contributed by atoms with Gasteiger partial charge in [0.15, 0.2) is 0 Å². The molecular weight excluding hydrogens is 395 g/mol. The highest BCUT2D eigenvalue weighted by molar-refractivity contribution is 5.74. The molecule has 2 aromatic carbocycles. The predicted molar refractivity (Wildman–Crippen MR) is 117 cm³/mol. The molecule has 2 atom stereocenters. The molecule has 0 bridgehead atoms. The minimum absolute atomic E-state index is 0.0796. The molecule has 1 aliphatic heterocycles. The molecule has 1 saturated heterocycles. The van der Waals surface area contributed by atoms with Crippen LogP contribution in [0.2, 0.25) is 0 Å². The zero-order valence-corrected chi connectivity index (χ0v) is 18.3. The van der Waals surface area contributed by atoms with Crippen LogP contribution in [-0.2, 0) is 14.9 Å². The third kappa shape index (κ3) is 4.47. The number of aliphatic hydroxyl groups excluding tert-OH is 1. The van der Waals surface area contributed by atoms with Crippen LogP contribution in [0.15, 0.2) is 42.5 Å². The van der Waals surface area contributed by atoms with Crippen LogP contribution in [0.3, 0.4) is 0 Å². The van der Waals surface area contributed by atoms with E-state index in [9.17, 15) is 14.3 Å². The first kappa shape index (κ1) is 21.8. The number of cyclic esters (lactones) is 1. The second kappa shape index (κ2) is 8.99. The molecule has 166 valence electrons. The summed E-state index contributed by atoms with van der Waals surface area (Å²) in [6, 6.07) is 12.8. The van der Waals surface area contributed by atoms with Crippen molar-refractivity contribution in [3.8, 4) is 5.75 Å². The molecule has 2 aromatic rings. The van der Waals surface area contributed by atoms with E-state index < -0.39 is 23.4 Å². The molecule has 0 unspecified atom stereocenters. The molecule has 1 heterocycles. The maximum absolute atomic E-state index is 13.5. The normalized spacial score (nSPS) is 22.4. The summed E-state index contributed by atoms with van der Waals surface area (Å²) >= 11 is 0. The first-order chi connectivity index (χ1) is 14.9. The van der Waals surface area contributed by atoms with E-state index in [0.29, 0.717) is 12.3 Å². The molecule has 0 amide bonds. The Hall–Kier alpha value is -2.40. The van der Waals surface area contributed by atoms with E-state index in [4.69, 9.17) is 9.47 Å². The molecule has 0 aromatic heterocycles. The fourth-order valence-electron chi connectivity index (χ4n) is 4.89. The topological polar surface area (TPSA) is 55.8 Å². The van der Waals surface area contributed by atoms with Gasteiger partial charge in [0, 0.05) is 17.4 Å². The standard InChI is InChI=1S/C26H31FO4/c1-26(2,18-10-12-19(27)13-11-18)22-9-5-8-20(17-6-3-4-7-17)24(22)31-16-21-23(28)14-15-30-25(21)29/h5,8-13,17,21,23,28H,3-4,6-7,14-16H2,1-2H3/t21-,23+/m0/s1. The SMILES string of the molecule is CC(C)(c1ccc(F)cc1)c1cccc(C2CCCC2)c1OC[C@@H]1C(=O)OCC[C@H]1O. The first-order valence-corrected chi connectivity index (χ1v) is 11.2. The van der Waals surface area contributed by atoms with E-state index in [1.807, 2.05) is 18.2 Å². The Balaban J connectivity index is 1.71. The summed E-state index contributed by atoms with van der Waals surface area (Å²) in [5.74, 6) is -0.152. The lowest BCUT2D eigenvalue weighted by molar-refractivity contribution is -0.162. The van der Waals surface area contributed by atoms with Gasteiger partial charge in [0.05, 0.1) is 12.7 Å². The third-order valence-electron chi connectivity index (χ3n) is 6.91. The van der Waals surface area contributed by atoms with Crippen molar-refractivity contribution >= 4 is 5.97 Å². The van der Waals surface area contributed by atoms with Gasteiger partial charge in [-0.3, -0.25) is 4.79 Å². The maximum atomic E-state index is 13.5. The number of carbonyl (C=O) groups is 1. The van der Waals surface area contributed by atoms with Crippen molar-refractivity contribution in [1.29, 1.82) is 0 Å². The maximum Gasteiger partial charge on any atom is 0.315 e. The summed E-state index contributed by atoms with van der Waals surface area (Å²) in [6.45, 7) is 4.53. The summed E-state index contributed by atoms with van der Waals surface area (Å²) in [6.07, 6.45) is 4.30. The number of benzene rings is 2. The Kier molecular flexibility index (Phi) is 6.33. The monoisotopic (exact) mass is 426 g/mol. The van der Waals surface area contributed by atoms with Gasteiger partial charge in [0.2, 0.25) is 0 Å². The number of esters is 1. The van der Waals surface area contributed by atoms with Crippen LogP contribution in [0.25, 0.3) is 0 Å². The number of rotatable bonds is 6. The summed E-state index contributed by atoms with van der Waals surface area (Å²) in [7, 11) is 0. The highest BCUT2D eigenvalue weighted by Crippen LogP contribution is 2.45. The van der Waals surface area contributed by atoms with Crippen molar-refractivity contribution in [2.75, 3.05) is 13.2 Å². The fraction of sp³-hybridized carbons (Fsp3) is 0.500. The van der Waals surface area contributed by atoms with E-state index in [1.54, 1.807) is 0 Å². The van der Waals surface area contributed by atoms with Crippen LogP contribution in [0.4, 0.5) is 4.39 Å². The van der Waals surface area contributed by atoms with Gasteiger partial charge in [-0.25, -0.2) is 4.39 Å². The molecule has 0 radical (unpaired) electrons. The average Bonchev–Trinajstić information content (AvgIpc) is 3.28. The number of ether oxygens (including phenoxy) is 2. The lowest BCUT2D eigenvalue weighted by Gasteiger charge is -2.32. The average molecular weight is 427 g/mol. The minimum Gasteiger partial charge on any atom is -0.492 e. The predicted octanol–water partition coefficient (Wildman–Crippen LogP) is 5.11. The Morgan fingerprint density at radius 1 is 1.10 bits per heavy atom. The van der Waals surface area contributed by atoms with E-state index in [2.05, 4.69) is 26.0 Å². The molecular formula is C26H31FO4. The fourth-order valence-corrected chi connectivity index (χ4v) is 4.89. The second-order valence-electron chi connectivity index (χ2n) is 9.28. The van der Waals surface area contributed by atoms with Gasteiger partial charge in [0.1, 0.15) is 24.1 Å². The van der Waals surface area contributed by atoms with Gasteiger partial charge in [0.25, 0.3) is 0 Å². The third-order valence-corrected chi connectivity index (χ3v) is 6.91. The van der Waals surface area contributed by atoms with Gasteiger partial charge in [-0.05, 0) is 42.0 Å². The number of carbonyl (C=O) groups excluding carboxylic acids is 1. The Labute approximate surface area is 183 Å².